The molecular formula is C18H41NO6P2. The van der Waals surface area contributed by atoms with Crippen LogP contribution in [0.3, 0.4) is 0 Å². The van der Waals surface area contributed by atoms with Crippen LogP contribution in [0, 0.1) is 0 Å². The molecule has 0 spiro atoms. The summed E-state index contributed by atoms with van der Waals surface area (Å²) in [7, 11) is -5.71. The van der Waals surface area contributed by atoms with E-state index >= 15 is 0 Å². The molecule has 9 heteroatoms. The van der Waals surface area contributed by atoms with Crippen molar-refractivity contribution in [1.29, 1.82) is 0 Å². The van der Waals surface area contributed by atoms with Gasteiger partial charge in [0.1, 0.15) is 5.90 Å². The number of nitrogens with zero attached hydrogens (tertiary/aromatic N) is 1. The molecule has 0 amide bonds. The summed E-state index contributed by atoms with van der Waals surface area (Å²) in [5, 5.41) is 0. The van der Waals surface area contributed by atoms with E-state index in [-0.39, 0.29) is 24.6 Å². The number of ether oxygens (including phenoxy) is 1. The average Bonchev–Trinajstić information content (AvgIpc) is 2.31. The van der Waals surface area contributed by atoms with Gasteiger partial charge in [-0.1, -0.05) is 0 Å². The third-order valence-corrected chi connectivity index (χ3v) is 9.85. The van der Waals surface area contributed by atoms with Crippen molar-refractivity contribution in [2.24, 2.45) is 0 Å². The number of hydrogen-bond acceptors (Lipinski definition) is 6. The summed E-state index contributed by atoms with van der Waals surface area (Å²) in [6, 6.07) is -0.146. The Bertz CT molecular complexity index is 509. The van der Waals surface area contributed by atoms with Crippen molar-refractivity contribution in [2.45, 2.75) is 92.5 Å². The first-order chi connectivity index (χ1) is 11.9. The highest BCUT2D eigenvalue weighted by atomic mass is 31.2. The molecule has 0 aromatic carbocycles. The Hall–Kier alpha value is 0.260. The lowest BCUT2D eigenvalue weighted by Gasteiger charge is -2.40. The van der Waals surface area contributed by atoms with Gasteiger partial charge in [-0.3, -0.25) is 9.13 Å². The second-order valence-electron chi connectivity index (χ2n) is 9.19. The van der Waals surface area contributed by atoms with Crippen molar-refractivity contribution in [1.82, 2.24) is 4.67 Å². The predicted molar refractivity (Wildman–Crippen MR) is 112 cm³/mol. The van der Waals surface area contributed by atoms with E-state index in [0.717, 1.165) is 0 Å². The van der Waals surface area contributed by atoms with Gasteiger partial charge in [0, 0.05) is 19.2 Å². The monoisotopic (exact) mass is 429 g/mol. The molecule has 0 aliphatic rings. The fraction of sp³-hybridized carbons (Fsp3) is 1.00. The molecule has 0 aromatic rings. The van der Waals surface area contributed by atoms with Gasteiger partial charge in [-0.2, -0.15) is 0 Å². The molecule has 0 heterocycles. The first kappa shape index (κ1) is 27.3. The van der Waals surface area contributed by atoms with Gasteiger partial charge >= 0.3 is 7.60 Å². The van der Waals surface area contributed by atoms with E-state index in [1.54, 1.807) is 53.3 Å². The van der Waals surface area contributed by atoms with Gasteiger partial charge in [0.2, 0.25) is 0 Å². The van der Waals surface area contributed by atoms with Gasteiger partial charge in [-0.05, 0) is 69.2 Å². The molecule has 1 atom stereocenters. The van der Waals surface area contributed by atoms with Crippen LogP contribution in [0.15, 0.2) is 0 Å². The largest absolute Gasteiger partial charge is 0.382 e. The normalized spacial score (nSPS) is 16.4. The quantitative estimate of drug-likeness (QED) is 0.306. The summed E-state index contributed by atoms with van der Waals surface area (Å²) in [5.74, 6) is -0.311. The van der Waals surface area contributed by atoms with Crippen LogP contribution in [-0.2, 0) is 27.4 Å². The maximum atomic E-state index is 14.0. The zero-order chi connectivity index (χ0) is 21.7. The lowest BCUT2D eigenvalue weighted by atomic mass is 10.2. The molecule has 164 valence electrons. The summed E-state index contributed by atoms with van der Waals surface area (Å²) in [4.78, 5) is 0. The first-order valence-electron chi connectivity index (χ1n) is 9.46. The average molecular weight is 429 g/mol. The van der Waals surface area contributed by atoms with Gasteiger partial charge in [0.15, 0.2) is 0 Å². The highest BCUT2D eigenvalue weighted by molar-refractivity contribution is 7.72. The minimum absolute atomic E-state index is 0.0731. The Kier molecular flexibility index (Phi) is 10.4. The molecule has 27 heavy (non-hydrogen) atoms. The molecule has 0 saturated heterocycles. The predicted octanol–water partition coefficient (Wildman–Crippen LogP) is 5.74. The van der Waals surface area contributed by atoms with Crippen LogP contribution in [0.4, 0.5) is 0 Å². The maximum absolute atomic E-state index is 14.0. The fourth-order valence-corrected chi connectivity index (χ4v) is 9.60. The van der Waals surface area contributed by atoms with Crippen LogP contribution >= 0.6 is 15.1 Å². The van der Waals surface area contributed by atoms with E-state index in [0.29, 0.717) is 6.61 Å². The number of methoxy groups -OCH3 is 1. The molecule has 7 nitrogen and oxygen atoms in total. The van der Waals surface area contributed by atoms with Crippen LogP contribution in [0.5, 0.6) is 0 Å². The Morgan fingerprint density at radius 2 is 1.22 bits per heavy atom. The Labute approximate surface area is 166 Å². The van der Waals surface area contributed by atoms with Crippen LogP contribution in [-0.4, -0.2) is 54.2 Å². The lowest BCUT2D eigenvalue weighted by Crippen LogP contribution is -2.36. The van der Waals surface area contributed by atoms with Crippen LogP contribution in [0.2, 0.25) is 0 Å². The van der Waals surface area contributed by atoms with Gasteiger partial charge in [0.25, 0.3) is 7.52 Å². The minimum atomic E-state index is -3.74. The van der Waals surface area contributed by atoms with E-state index in [2.05, 4.69) is 0 Å². The minimum Gasteiger partial charge on any atom is -0.382 e. The van der Waals surface area contributed by atoms with Crippen molar-refractivity contribution < 1.29 is 27.4 Å². The molecule has 0 fully saturated rings. The molecule has 0 radical (unpaired) electrons. The van der Waals surface area contributed by atoms with Crippen molar-refractivity contribution in [3.63, 3.8) is 0 Å². The maximum Gasteiger partial charge on any atom is 0.342 e. The Morgan fingerprint density at radius 1 is 0.815 bits per heavy atom. The van der Waals surface area contributed by atoms with E-state index in [4.69, 9.17) is 18.3 Å². The summed E-state index contributed by atoms with van der Waals surface area (Å²) >= 11 is 0. The third kappa shape index (κ3) is 10.6. The highest BCUT2D eigenvalue weighted by Crippen LogP contribution is 2.68. The van der Waals surface area contributed by atoms with E-state index < -0.39 is 26.3 Å². The summed E-state index contributed by atoms with van der Waals surface area (Å²) in [6.07, 6.45) is 0. The molecular weight excluding hydrogens is 388 g/mol. The van der Waals surface area contributed by atoms with Gasteiger partial charge in [-0.15, -0.1) is 0 Å². The van der Waals surface area contributed by atoms with Crippen molar-refractivity contribution in [3.05, 3.63) is 0 Å². The second kappa shape index (κ2) is 10.3. The van der Waals surface area contributed by atoms with Crippen molar-refractivity contribution >= 4 is 15.1 Å². The van der Waals surface area contributed by atoms with Gasteiger partial charge < -0.3 is 18.3 Å². The smallest absolute Gasteiger partial charge is 0.342 e. The molecule has 0 aliphatic heterocycles. The first-order valence-corrected chi connectivity index (χ1v) is 13.0. The molecule has 0 bridgehead atoms. The zero-order valence-corrected chi connectivity index (χ0v) is 20.9. The lowest BCUT2D eigenvalue weighted by molar-refractivity contribution is 0.0502. The third-order valence-electron chi connectivity index (χ3n) is 3.17. The van der Waals surface area contributed by atoms with Gasteiger partial charge in [0.05, 0.1) is 24.4 Å². The highest BCUT2D eigenvalue weighted by Gasteiger charge is 2.47. The van der Waals surface area contributed by atoms with Gasteiger partial charge in [-0.25, -0.2) is 4.67 Å². The van der Waals surface area contributed by atoms with Crippen LogP contribution in [0.1, 0.15) is 69.2 Å². The fourth-order valence-electron chi connectivity index (χ4n) is 2.87. The van der Waals surface area contributed by atoms with Crippen LogP contribution < -0.4 is 0 Å². The summed E-state index contributed by atoms with van der Waals surface area (Å²) < 4.78 is 51.9. The summed E-state index contributed by atoms with van der Waals surface area (Å²) in [6.45, 7) is 19.0. The van der Waals surface area contributed by atoms with Crippen molar-refractivity contribution in [2.75, 3.05) is 26.2 Å². The Morgan fingerprint density at radius 3 is 1.52 bits per heavy atom. The molecule has 0 saturated carbocycles. The molecule has 0 rings (SSSR count). The van der Waals surface area contributed by atoms with E-state index in [9.17, 15) is 9.13 Å². The van der Waals surface area contributed by atoms with Crippen LogP contribution in [0.25, 0.3) is 0 Å². The number of rotatable bonds is 11. The molecule has 0 N–H and O–H groups in total. The zero-order valence-electron chi connectivity index (χ0n) is 19.1. The summed E-state index contributed by atoms with van der Waals surface area (Å²) in [5.41, 5.74) is -1.45. The standard InChI is InChI=1S/C18H41NO6P2/c1-15(2)19(16(3)4)26(20,23-13-12-22-11)14-27(21,24-17(5,6)7)25-18(8,9)10/h15-16H,12-14H2,1-11H3. The Balaban J connectivity index is 6.04. The second-order valence-corrected chi connectivity index (χ2v) is 13.9. The molecule has 0 aromatic heterocycles. The number of hydrogen-bond donors (Lipinski definition) is 0. The van der Waals surface area contributed by atoms with E-state index in [1.807, 2.05) is 27.7 Å². The van der Waals surface area contributed by atoms with Crippen molar-refractivity contribution in [3.8, 4) is 0 Å². The topological polar surface area (TPSA) is 74.3 Å². The molecule has 1 unspecified atom stereocenters. The van der Waals surface area contributed by atoms with E-state index in [1.165, 1.54) is 0 Å². The SMILES string of the molecule is COCCOP(=O)(CP(=O)(OC(C)(C)C)OC(C)(C)C)N(C(C)C)C(C)C. The molecule has 0 aliphatic carbocycles.